The molecule has 5 heterocycles. The second kappa shape index (κ2) is 9.62. The Hall–Kier alpha value is -4.59. The van der Waals surface area contributed by atoms with Crippen molar-refractivity contribution in [2.45, 2.75) is 46.3 Å². The maximum atomic E-state index is 12.7. The molecule has 1 N–H and O–H groups in total. The summed E-state index contributed by atoms with van der Waals surface area (Å²) in [6.07, 6.45) is 6.08. The van der Waals surface area contributed by atoms with Gasteiger partial charge in [0.1, 0.15) is 16.9 Å². The summed E-state index contributed by atoms with van der Waals surface area (Å²) in [5, 5.41) is 0.920. The van der Waals surface area contributed by atoms with Crippen molar-refractivity contribution in [3.8, 4) is 33.9 Å². The van der Waals surface area contributed by atoms with E-state index in [-0.39, 0.29) is 6.09 Å². The van der Waals surface area contributed by atoms with Crippen LogP contribution in [0.25, 0.3) is 44.9 Å². The standard InChI is InChI=1S/C31H30N6O2/c1-19-6-5-7-26(34-19)29-35-27(25-10-12-33-28(25)36-29)23-15-22(16-32-17-23)21-9-8-20-11-13-37(18-24(20)14-21)30(38)39-31(2,3)4/h5-10,12,14-17H,11,13,18H2,1-4H3,(H,33,35,36). The average molecular weight is 519 g/mol. The topological polar surface area (TPSA) is 96.9 Å². The van der Waals surface area contributed by atoms with Gasteiger partial charge in [0.15, 0.2) is 5.82 Å². The van der Waals surface area contributed by atoms with Crippen LogP contribution in [0.5, 0.6) is 0 Å². The van der Waals surface area contributed by atoms with Crippen LogP contribution in [0.4, 0.5) is 4.79 Å². The zero-order valence-corrected chi connectivity index (χ0v) is 22.5. The van der Waals surface area contributed by atoms with Crippen LogP contribution in [0.1, 0.15) is 37.6 Å². The molecule has 0 spiro atoms. The number of hydrogen-bond donors (Lipinski definition) is 1. The van der Waals surface area contributed by atoms with Crippen LogP contribution in [0, 0.1) is 6.92 Å². The molecule has 8 nitrogen and oxygen atoms in total. The molecule has 0 aliphatic carbocycles. The van der Waals surface area contributed by atoms with Gasteiger partial charge < -0.3 is 14.6 Å². The number of ether oxygens (including phenoxy) is 1. The summed E-state index contributed by atoms with van der Waals surface area (Å²) in [5.74, 6) is 0.560. The third-order valence-electron chi connectivity index (χ3n) is 6.75. The molecule has 0 saturated carbocycles. The first-order chi connectivity index (χ1) is 18.7. The van der Waals surface area contributed by atoms with Gasteiger partial charge in [0, 0.05) is 53.9 Å². The number of nitrogens with one attached hydrogen (secondary N) is 1. The highest BCUT2D eigenvalue weighted by Gasteiger charge is 2.26. The summed E-state index contributed by atoms with van der Waals surface area (Å²) in [6.45, 7) is 8.79. The van der Waals surface area contributed by atoms with Gasteiger partial charge in [-0.05, 0) is 81.1 Å². The number of benzene rings is 1. The molecular formula is C31H30N6O2. The molecule has 4 aromatic heterocycles. The molecule has 6 rings (SSSR count). The molecule has 5 aromatic rings. The van der Waals surface area contributed by atoms with Crippen molar-refractivity contribution in [2.24, 2.45) is 0 Å². The summed E-state index contributed by atoms with van der Waals surface area (Å²) >= 11 is 0. The molecule has 39 heavy (non-hydrogen) atoms. The number of H-pyrrole nitrogens is 1. The van der Waals surface area contributed by atoms with E-state index >= 15 is 0 Å². The highest BCUT2D eigenvalue weighted by atomic mass is 16.6. The molecule has 1 aromatic carbocycles. The van der Waals surface area contributed by atoms with E-state index in [1.807, 2.05) is 70.6 Å². The van der Waals surface area contributed by atoms with Crippen LogP contribution in [-0.4, -0.2) is 48.1 Å². The largest absolute Gasteiger partial charge is 0.444 e. The summed E-state index contributed by atoms with van der Waals surface area (Å²) in [4.78, 5) is 36.5. The number of aromatic nitrogens is 5. The number of hydrogen-bond acceptors (Lipinski definition) is 6. The maximum absolute atomic E-state index is 12.7. The first kappa shape index (κ1) is 24.7. The van der Waals surface area contributed by atoms with Crippen molar-refractivity contribution < 1.29 is 9.53 Å². The zero-order valence-electron chi connectivity index (χ0n) is 22.5. The minimum absolute atomic E-state index is 0.277. The van der Waals surface area contributed by atoms with Crippen molar-refractivity contribution in [3.63, 3.8) is 0 Å². The fraction of sp³-hybridized carbons (Fsp3) is 0.258. The summed E-state index contributed by atoms with van der Waals surface area (Å²) in [7, 11) is 0. The third kappa shape index (κ3) is 5.10. The van der Waals surface area contributed by atoms with Gasteiger partial charge in [-0.2, -0.15) is 0 Å². The van der Waals surface area contributed by atoms with Crippen LogP contribution in [0.15, 0.2) is 67.1 Å². The molecule has 0 atom stereocenters. The molecule has 1 amide bonds. The Bertz CT molecular complexity index is 1700. The van der Waals surface area contributed by atoms with Crippen molar-refractivity contribution in [1.82, 2.24) is 29.8 Å². The van der Waals surface area contributed by atoms with E-state index in [1.165, 1.54) is 5.56 Å². The predicted molar refractivity (Wildman–Crippen MR) is 151 cm³/mol. The molecule has 0 radical (unpaired) electrons. The van der Waals surface area contributed by atoms with E-state index in [4.69, 9.17) is 14.7 Å². The van der Waals surface area contributed by atoms with E-state index in [1.54, 1.807) is 4.90 Å². The number of amides is 1. The summed E-state index contributed by atoms with van der Waals surface area (Å²) < 4.78 is 5.61. The van der Waals surface area contributed by atoms with Gasteiger partial charge >= 0.3 is 6.09 Å². The molecule has 8 heteroatoms. The molecule has 0 bridgehead atoms. The SMILES string of the molecule is Cc1cccc(-c2nc(-c3cncc(-c4ccc5c(c4)CN(C(=O)OC(C)(C)C)CC5)c3)c3cc[nH]c3n2)n1. The minimum atomic E-state index is -0.521. The molecule has 1 aliphatic rings. The fourth-order valence-corrected chi connectivity index (χ4v) is 4.89. The molecule has 1 aliphatic heterocycles. The molecule has 196 valence electrons. The number of aromatic amines is 1. The number of carbonyl (C=O) groups excluding carboxylic acids is 1. The fourth-order valence-electron chi connectivity index (χ4n) is 4.89. The molecule has 0 unspecified atom stereocenters. The number of aryl methyl sites for hydroxylation is 1. The van der Waals surface area contributed by atoms with Gasteiger partial charge in [0.25, 0.3) is 0 Å². The maximum Gasteiger partial charge on any atom is 0.410 e. The Labute approximate surface area is 227 Å². The van der Waals surface area contributed by atoms with Crippen LogP contribution < -0.4 is 0 Å². The van der Waals surface area contributed by atoms with Crippen LogP contribution in [-0.2, 0) is 17.7 Å². The lowest BCUT2D eigenvalue weighted by Gasteiger charge is -2.31. The van der Waals surface area contributed by atoms with Crippen molar-refractivity contribution in [2.75, 3.05) is 6.54 Å². The van der Waals surface area contributed by atoms with Crippen LogP contribution >= 0.6 is 0 Å². The Morgan fingerprint density at radius 2 is 1.79 bits per heavy atom. The first-order valence-corrected chi connectivity index (χ1v) is 13.1. The smallest absolute Gasteiger partial charge is 0.410 e. The number of carbonyl (C=O) groups is 1. The average Bonchev–Trinajstić information content (AvgIpc) is 3.40. The first-order valence-electron chi connectivity index (χ1n) is 13.1. The lowest BCUT2D eigenvalue weighted by molar-refractivity contribution is 0.0224. The van der Waals surface area contributed by atoms with Gasteiger partial charge in [-0.15, -0.1) is 0 Å². The van der Waals surface area contributed by atoms with Gasteiger partial charge in [-0.25, -0.2) is 19.7 Å². The second-order valence-electron chi connectivity index (χ2n) is 10.9. The van der Waals surface area contributed by atoms with E-state index in [9.17, 15) is 4.79 Å². The van der Waals surface area contributed by atoms with Gasteiger partial charge in [0.05, 0.1) is 5.69 Å². The highest BCUT2D eigenvalue weighted by Crippen LogP contribution is 2.32. The Balaban J connectivity index is 1.35. The number of rotatable bonds is 3. The second-order valence-corrected chi connectivity index (χ2v) is 10.9. The predicted octanol–water partition coefficient (Wildman–Crippen LogP) is 6.35. The van der Waals surface area contributed by atoms with Gasteiger partial charge in [-0.3, -0.25) is 4.98 Å². The number of pyridine rings is 2. The number of fused-ring (bicyclic) bond motifs is 2. The summed E-state index contributed by atoms with van der Waals surface area (Å²) in [5.41, 5.74) is 7.93. The van der Waals surface area contributed by atoms with E-state index in [0.29, 0.717) is 18.9 Å². The molecule has 0 fully saturated rings. The lowest BCUT2D eigenvalue weighted by atomic mass is 9.94. The Kier molecular flexibility index (Phi) is 6.10. The molecule has 0 saturated heterocycles. The third-order valence-corrected chi connectivity index (χ3v) is 6.75. The highest BCUT2D eigenvalue weighted by molar-refractivity contribution is 5.92. The van der Waals surface area contributed by atoms with Crippen molar-refractivity contribution in [3.05, 3.63) is 83.9 Å². The normalized spacial score (nSPS) is 13.4. The van der Waals surface area contributed by atoms with E-state index in [2.05, 4.69) is 39.2 Å². The van der Waals surface area contributed by atoms with Crippen LogP contribution in [0.2, 0.25) is 0 Å². The minimum Gasteiger partial charge on any atom is -0.444 e. The van der Waals surface area contributed by atoms with Crippen molar-refractivity contribution in [1.29, 1.82) is 0 Å². The van der Waals surface area contributed by atoms with Crippen molar-refractivity contribution >= 4 is 17.1 Å². The zero-order chi connectivity index (χ0) is 27.1. The van der Waals surface area contributed by atoms with Crippen LogP contribution in [0.3, 0.4) is 0 Å². The van der Waals surface area contributed by atoms with E-state index in [0.717, 1.165) is 56.8 Å². The number of nitrogens with zero attached hydrogens (tertiary/aromatic N) is 5. The monoisotopic (exact) mass is 518 g/mol. The Morgan fingerprint density at radius 1 is 0.949 bits per heavy atom. The molecular weight excluding hydrogens is 488 g/mol. The Morgan fingerprint density at radius 3 is 2.62 bits per heavy atom. The quantitative estimate of drug-likeness (QED) is 0.299. The van der Waals surface area contributed by atoms with E-state index < -0.39 is 5.60 Å². The van der Waals surface area contributed by atoms with Gasteiger partial charge in [-0.1, -0.05) is 18.2 Å². The lowest BCUT2D eigenvalue weighted by Crippen LogP contribution is -2.39. The van der Waals surface area contributed by atoms with Gasteiger partial charge in [0.2, 0.25) is 0 Å². The summed E-state index contributed by atoms with van der Waals surface area (Å²) in [6, 6.07) is 16.3.